The number of hydrogen-bond acceptors (Lipinski definition) is 5. The largest absolute Gasteiger partial charge is 0.417 e. The molecule has 1 amide bonds. The summed E-state index contributed by atoms with van der Waals surface area (Å²) in [7, 11) is 0. The molecule has 0 saturated heterocycles. The van der Waals surface area contributed by atoms with Crippen LogP contribution in [0.5, 0.6) is 0 Å². The molecule has 0 radical (unpaired) electrons. The van der Waals surface area contributed by atoms with Crippen LogP contribution >= 0.6 is 29.7 Å². The Hall–Kier alpha value is -1.20. The van der Waals surface area contributed by atoms with E-state index in [-0.39, 0.29) is 0 Å². The third-order valence-corrected chi connectivity index (χ3v) is 8.36. The summed E-state index contributed by atoms with van der Waals surface area (Å²) < 4.78 is 16.0. The molecular formula is C18H24ClN2O3PS. The first kappa shape index (κ1) is 21.1. The van der Waals surface area contributed by atoms with E-state index in [9.17, 15) is 4.79 Å². The standard InChI is InChI=1S/C18H24ClN2O3PS/c1-3-14-26-25(23-4-2,20-13-12-19)24-18(22)21-17-11-7-9-15-8-5-6-10-16(15)17/h5-11H,3-4,12-14H2,1-2H3,(H,21,22). The van der Waals surface area contributed by atoms with E-state index >= 15 is 0 Å². The molecule has 0 heterocycles. The number of carbonyl (C=O) groups is 1. The van der Waals surface area contributed by atoms with Gasteiger partial charge in [0.05, 0.1) is 18.8 Å². The van der Waals surface area contributed by atoms with E-state index in [0.29, 0.717) is 24.7 Å². The van der Waals surface area contributed by atoms with E-state index in [2.05, 4.69) is 17.0 Å². The van der Waals surface area contributed by atoms with Crippen molar-refractivity contribution in [3.63, 3.8) is 0 Å². The van der Waals surface area contributed by atoms with E-state index in [1.165, 1.54) is 11.4 Å². The van der Waals surface area contributed by atoms with E-state index in [0.717, 1.165) is 22.9 Å². The number of nitrogens with zero attached hydrogens (tertiary/aromatic N) is 1. The second-order valence-corrected chi connectivity index (χ2v) is 10.2. The second-order valence-electron chi connectivity index (χ2n) is 5.30. The number of fused-ring (bicyclic) bond motifs is 1. The summed E-state index contributed by atoms with van der Waals surface area (Å²) in [4.78, 5) is 12.6. The summed E-state index contributed by atoms with van der Waals surface area (Å²) in [6.45, 7) is 1.98. The average molecular weight is 415 g/mol. The lowest BCUT2D eigenvalue weighted by atomic mass is 10.1. The Morgan fingerprint density at radius 2 is 2.00 bits per heavy atom. The Morgan fingerprint density at radius 1 is 1.23 bits per heavy atom. The van der Waals surface area contributed by atoms with Crippen LogP contribution in [0.1, 0.15) is 20.3 Å². The summed E-state index contributed by atoms with van der Waals surface area (Å²) in [5.74, 6) is 1.15. The van der Waals surface area contributed by atoms with Crippen LogP contribution in [0.25, 0.3) is 10.8 Å². The van der Waals surface area contributed by atoms with Gasteiger partial charge in [-0.25, -0.2) is 9.54 Å². The molecule has 2 rings (SSSR count). The molecule has 142 valence electrons. The summed E-state index contributed by atoms with van der Waals surface area (Å²) in [5, 5.41) is 4.83. The first-order chi connectivity index (χ1) is 12.6. The zero-order valence-electron chi connectivity index (χ0n) is 15.0. The number of amides is 1. The number of nitrogens with one attached hydrogen (secondary N) is 1. The lowest BCUT2D eigenvalue weighted by Gasteiger charge is -2.22. The van der Waals surface area contributed by atoms with Gasteiger partial charge in [0, 0.05) is 17.0 Å². The number of alkyl halides is 1. The number of halogens is 1. The number of benzene rings is 2. The van der Waals surface area contributed by atoms with Gasteiger partial charge in [0.1, 0.15) is 0 Å². The van der Waals surface area contributed by atoms with Gasteiger partial charge >= 0.3 is 12.8 Å². The van der Waals surface area contributed by atoms with Gasteiger partial charge in [-0.2, -0.15) is 0 Å². The fraction of sp³-hybridized carbons (Fsp3) is 0.389. The lowest BCUT2D eigenvalue weighted by Crippen LogP contribution is -2.13. The predicted octanol–water partition coefficient (Wildman–Crippen LogP) is 6.75. The molecule has 0 aromatic heterocycles. The van der Waals surface area contributed by atoms with Crippen molar-refractivity contribution in [2.24, 2.45) is 4.74 Å². The first-order valence-electron chi connectivity index (χ1n) is 8.55. The maximum Gasteiger partial charge on any atom is 0.417 e. The molecule has 1 atom stereocenters. The smallest absolute Gasteiger partial charge is 0.381 e. The molecule has 8 heteroatoms. The number of hydrogen-bond donors (Lipinski definition) is 1. The third-order valence-electron chi connectivity index (χ3n) is 3.33. The highest BCUT2D eigenvalue weighted by Crippen LogP contribution is 2.64. The molecule has 0 fully saturated rings. The van der Waals surface area contributed by atoms with Crippen molar-refractivity contribution in [2.75, 3.05) is 30.1 Å². The number of rotatable bonds is 9. The molecule has 0 aliphatic rings. The molecule has 0 saturated carbocycles. The van der Waals surface area contributed by atoms with Crippen LogP contribution < -0.4 is 5.32 Å². The molecule has 0 aliphatic heterocycles. The van der Waals surface area contributed by atoms with Gasteiger partial charge in [0.15, 0.2) is 0 Å². The monoisotopic (exact) mass is 414 g/mol. The van der Waals surface area contributed by atoms with Crippen molar-refractivity contribution in [1.29, 1.82) is 0 Å². The topological polar surface area (TPSA) is 59.9 Å². The first-order valence-corrected chi connectivity index (χ1v) is 12.3. The maximum atomic E-state index is 12.6. The van der Waals surface area contributed by atoms with Crippen LogP contribution in [-0.2, 0) is 9.05 Å². The summed E-state index contributed by atoms with van der Waals surface area (Å²) in [6, 6.07) is 13.6. The van der Waals surface area contributed by atoms with Crippen molar-refractivity contribution in [1.82, 2.24) is 0 Å². The molecule has 5 nitrogen and oxygen atoms in total. The highest BCUT2D eigenvalue weighted by Gasteiger charge is 2.27. The van der Waals surface area contributed by atoms with Crippen LogP contribution in [0.2, 0.25) is 0 Å². The van der Waals surface area contributed by atoms with E-state index in [1.807, 2.05) is 49.4 Å². The Bertz CT molecular complexity index is 783. The van der Waals surface area contributed by atoms with Crippen molar-refractivity contribution < 1.29 is 13.8 Å². The van der Waals surface area contributed by atoms with Gasteiger partial charge in [0.2, 0.25) is 0 Å². The Morgan fingerprint density at radius 3 is 2.73 bits per heavy atom. The summed E-state index contributed by atoms with van der Waals surface area (Å²) >= 11 is 7.23. The molecule has 1 N–H and O–H groups in total. The quantitative estimate of drug-likeness (QED) is 0.364. The zero-order chi connectivity index (χ0) is 18.8. The molecule has 0 bridgehead atoms. The minimum absolute atomic E-state index is 0.357. The average Bonchev–Trinajstić information content (AvgIpc) is 2.65. The van der Waals surface area contributed by atoms with Gasteiger partial charge in [0.25, 0.3) is 0 Å². The van der Waals surface area contributed by atoms with Crippen molar-refractivity contribution in [3.8, 4) is 0 Å². The Kier molecular flexibility index (Phi) is 8.79. The van der Waals surface area contributed by atoms with E-state index < -0.39 is 12.8 Å². The zero-order valence-corrected chi connectivity index (χ0v) is 17.4. The van der Waals surface area contributed by atoms with Crippen LogP contribution in [0, 0.1) is 0 Å². The lowest BCUT2D eigenvalue weighted by molar-refractivity contribution is 0.210. The predicted molar refractivity (Wildman–Crippen MR) is 113 cm³/mol. The molecule has 2 aromatic rings. The maximum absolute atomic E-state index is 12.6. The van der Waals surface area contributed by atoms with Gasteiger partial charge in [-0.05, 0) is 36.2 Å². The minimum Gasteiger partial charge on any atom is -0.381 e. The van der Waals surface area contributed by atoms with Gasteiger partial charge in [-0.1, -0.05) is 43.3 Å². The fourth-order valence-electron chi connectivity index (χ4n) is 2.30. The SMILES string of the molecule is CCCSP(=NCCCl)(OCC)OC(=O)Nc1cccc2ccccc12. The molecular weight excluding hydrogens is 391 g/mol. The van der Waals surface area contributed by atoms with Crippen LogP contribution in [-0.4, -0.2) is 30.9 Å². The normalized spacial score (nSPS) is 13.2. The van der Waals surface area contributed by atoms with Crippen molar-refractivity contribution in [3.05, 3.63) is 42.5 Å². The Labute approximate surface area is 163 Å². The molecule has 0 aliphatic carbocycles. The van der Waals surface area contributed by atoms with Gasteiger partial charge in [-0.15, -0.1) is 11.6 Å². The second kappa shape index (κ2) is 10.8. The molecule has 2 aromatic carbocycles. The van der Waals surface area contributed by atoms with E-state index in [1.54, 1.807) is 0 Å². The summed E-state index contributed by atoms with van der Waals surface area (Å²) in [6.07, 6.45) is 0.370. The van der Waals surface area contributed by atoms with Crippen molar-refractivity contribution >= 4 is 52.2 Å². The number of anilines is 1. The third kappa shape index (κ3) is 5.92. The molecule has 0 spiro atoms. The molecule has 1 unspecified atom stereocenters. The van der Waals surface area contributed by atoms with E-state index in [4.69, 9.17) is 20.6 Å². The Balaban J connectivity index is 2.22. The van der Waals surface area contributed by atoms with Crippen LogP contribution in [0.3, 0.4) is 0 Å². The van der Waals surface area contributed by atoms with Gasteiger partial charge < -0.3 is 9.05 Å². The fourth-order valence-corrected chi connectivity index (χ4v) is 6.88. The summed E-state index contributed by atoms with van der Waals surface area (Å²) in [5.41, 5.74) is 0.695. The highest BCUT2D eigenvalue weighted by atomic mass is 35.5. The van der Waals surface area contributed by atoms with Crippen LogP contribution in [0.4, 0.5) is 10.5 Å². The van der Waals surface area contributed by atoms with Crippen molar-refractivity contribution in [2.45, 2.75) is 20.3 Å². The van der Waals surface area contributed by atoms with Crippen LogP contribution in [0.15, 0.2) is 47.2 Å². The highest BCUT2D eigenvalue weighted by molar-refractivity contribution is 8.55. The molecule has 26 heavy (non-hydrogen) atoms. The minimum atomic E-state index is -2.74. The number of carbonyl (C=O) groups excluding carboxylic acids is 1. The van der Waals surface area contributed by atoms with Gasteiger partial charge in [-0.3, -0.25) is 5.32 Å².